The van der Waals surface area contributed by atoms with Gasteiger partial charge in [-0.1, -0.05) is 17.7 Å². The van der Waals surface area contributed by atoms with E-state index in [0.29, 0.717) is 48.9 Å². The fourth-order valence-electron chi connectivity index (χ4n) is 4.18. The van der Waals surface area contributed by atoms with Crippen LogP contribution in [-0.4, -0.2) is 96.1 Å². The first kappa shape index (κ1) is 30.9. The number of ketones is 1. The second kappa shape index (κ2) is 13.5. The van der Waals surface area contributed by atoms with Crippen LogP contribution < -0.4 is 4.74 Å². The summed E-state index contributed by atoms with van der Waals surface area (Å²) in [5, 5.41) is 25.1. The maximum Gasteiger partial charge on any atom is 0.414 e. The van der Waals surface area contributed by atoms with E-state index in [2.05, 4.69) is 0 Å². The van der Waals surface area contributed by atoms with E-state index in [1.165, 1.54) is 11.2 Å². The lowest BCUT2D eigenvalue weighted by Crippen LogP contribution is -2.51. The summed E-state index contributed by atoms with van der Waals surface area (Å²) < 4.78 is 33.6. The fraction of sp³-hybridized carbons (Fsp3) is 0.423. The Morgan fingerprint density at radius 1 is 0.921 bits per heavy atom. The summed E-state index contributed by atoms with van der Waals surface area (Å²) in [6.45, 7) is 9.55. The van der Waals surface area contributed by atoms with Gasteiger partial charge in [0.05, 0.1) is 4.90 Å². The Morgan fingerprint density at radius 2 is 1.42 bits per heavy atom. The predicted molar refractivity (Wildman–Crippen MR) is 139 cm³/mol. The van der Waals surface area contributed by atoms with E-state index in [1.807, 2.05) is 37.8 Å². The molecule has 1 atom stereocenters. The number of nitrogens with zero attached hydrogens (tertiary/aromatic N) is 2. The molecule has 12 heteroatoms. The van der Waals surface area contributed by atoms with E-state index in [-0.39, 0.29) is 12.4 Å². The monoisotopic (exact) mass is 550 g/mol. The van der Waals surface area contributed by atoms with Crippen LogP contribution in [0.4, 0.5) is 0 Å². The van der Waals surface area contributed by atoms with Crippen molar-refractivity contribution >= 4 is 27.7 Å². The molecule has 11 nitrogen and oxygen atoms in total. The van der Waals surface area contributed by atoms with Gasteiger partial charge in [-0.15, -0.1) is 0 Å². The van der Waals surface area contributed by atoms with Crippen molar-refractivity contribution in [2.24, 2.45) is 0 Å². The number of Topliss-reactive ketones (excluding diaryl/α,β-unsaturated/α-hetero) is 1. The van der Waals surface area contributed by atoms with Crippen LogP contribution in [-0.2, 0) is 19.6 Å². The third-order valence-electron chi connectivity index (χ3n) is 5.89. The molecule has 0 bridgehead atoms. The first-order valence-electron chi connectivity index (χ1n) is 11.9. The van der Waals surface area contributed by atoms with Gasteiger partial charge >= 0.3 is 11.9 Å². The average Bonchev–Trinajstić information content (AvgIpc) is 2.83. The summed E-state index contributed by atoms with van der Waals surface area (Å²) in [4.78, 5) is 32.0. The number of sulfonamides is 1. The Hall–Kier alpha value is -3.32. The molecule has 38 heavy (non-hydrogen) atoms. The summed E-state index contributed by atoms with van der Waals surface area (Å²) in [7, 11) is -3.55. The molecule has 1 fully saturated rings. The number of carboxylic acids is 2. The molecule has 0 amide bonds. The van der Waals surface area contributed by atoms with Crippen LogP contribution in [0.15, 0.2) is 41.3 Å². The molecule has 2 aromatic carbocycles. The van der Waals surface area contributed by atoms with E-state index in [1.54, 1.807) is 24.3 Å². The minimum atomic E-state index is -3.55. The van der Waals surface area contributed by atoms with Crippen molar-refractivity contribution in [1.82, 2.24) is 9.21 Å². The highest BCUT2D eigenvalue weighted by molar-refractivity contribution is 7.89. The number of aliphatic hydroxyl groups excluding tert-OH is 1. The van der Waals surface area contributed by atoms with Crippen LogP contribution in [0, 0.1) is 20.8 Å². The Labute approximate surface area is 222 Å². The standard InChI is InChI=1S/C24H32N2O5S.C2H2O4/c1-17-13-18(2)24(19(3)14-17)32(29,30)26-11-9-25(10-12-26)15-22(28)16-31-23-7-5-21(6-8-23)20(4)27;3-1(4)2(5)6/h5-8,13-14,22,28H,9-12,15-16H2,1-4H3;(H,3,4)(H,5,6). The quantitative estimate of drug-likeness (QED) is 0.326. The lowest BCUT2D eigenvalue weighted by molar-refractivity contribution is -0.159. The number of hydrogen-bond acceptors (Lipinski definition) is 8. The molecule has 3 rings (SSSR count). The van der Waals surface area contributed by atoms with Gasteiger partial charge in [0.1, 0.15) is 18.5 Å². The zero-order chi connectivity index (χ0) is 28.6. The molecule has 208 valence electrons. The van der Waals surface area contributed by atoms with Gasteiger partial charge in [-0.25, -0.2) is 18.0 Å². The first-order valence-corrected chi connectivity index (χ1v) is 13.3. The zero-order valence-electron chi connectivity index (χ0n) is 21.9. The molecule has 0 radical (unpaired) electrons. The first-order chi connectivity index (χ1) is 17.7. The van der Waals surface area contributed by atoms with Gasteiger partial charge in [0.2, 0.25) is 10.0 Å². The number of piperazine rings is 1. The summed E-state index contributed by atoms with van der Waals surface area (Å²) in [5.41, 5.74) is 3.21. The molecule has 1 unspecified atom stereocenters. The molecule has 0 aromatic heterocycles. The van der Waals surface area contributed by atoms with Gasteiger partial charge in [-0.2, -0.15) is 4.31 Å². The zero-order valence-corrected chi connectivity index (χ0v) is 22.7. The number of ether oxygens (including phenoxy) is 1. The van der Waals surface area contributed by atoms with Crippen molar-refractivity contribution in [3.8, 4) is 5.75 Å². The van der Waals surface area contributed by atoms with Crippen molar-refractivity contribution in [2.45, 2.75) is 38.7 Å². The Morgan fingerprint density at radius 3 is 1.87 bits per heavy atom. The molecule has 0 spiro atoms. The minimum absolute atomic E-state index is 0.00885. The van der Waals surface area contributed by atoms with E-state index in [9.17, 15) is 18.3 Å². The van der Waals surface area contributed by atoms with Crippen LogP contribution in [0.3, 0.4) is 0 Å². The SMILES string of the molecule is CC(=O)c1ccc(OCC(O)CN2CCN(S(=O)(=O)c3c(C)cc(C)cc3C)CC2)cc1.O=C(O)C(=O)O. The molecule has 1 aliphatic heterocycles. The number of β-amino-alcohol motifs (C(OH)–C–C–N with tert-alkyl or cyclic N) is 1. The van der Waals surface area contributed by atoms with Gasteiger partial charge in [0, 0.05) is 38.3 Å². The summed E-state index contributed by atoms with van der Waals surface area (Å²) in [6, 6.07) is 10.6. The highest BCUT2D eigenvalue weighted by atomic mass is 32.2. The summed E-state index contributed by atoms with van der Waals surface area (Å²) in [6.07, 6.45) is -0.702. The van der Waals surface area contributed by atoms with Gasteiger partial charge < -0.3 is 20.1 Å². The van der Waals surface area contributed by atoms with Gasteiger partial charge in [-0.3, -0.25) is 9.69 Å². The minimum Gasteiger partial charge on any atom is -0.491 e. The molecular weight excluding hydrogens is 516 g/mol. The fourth-order valence-corrected chi connectivity index (χ4v) is 6.02. The molecule has 0 saturated carbocycles. The van der Waals surface area contributed by atoms with Crippen LogP contribution >= 0.6 is 0 Å². The number of aryl methyl sites for hydroxylation is 3. The van der Waals surface area contributed by atoms with Crippen molar-refractivity contribution in [1.29, 1.82) is 0 Å². The third kappa shape index (κ3) is 8.62. The number of hydrogen-bond donors (Lipinski definition) is 3. The Bertz CT molecular complexity index is 1220. The van der Waals surface area contributed by atoms with Crippen LogP contribution in [0.5, 0.6) is 5.75 Å². The topological polar surface area (TPSA) is 162 Å². The lowest BCUT2D eigenvalue weighted by Gasteiger charge is -2.35. The highest BCUT2D eigenvalue weighted by Crippen LogP contribution is 2.26. The molecule has 0 aliphatic carbocycles. The molecule has 1 heterocycles. The maximum atomic E-state index is 13.2. The van der Waals surface area contributed by atoms with E-state index in [4.69, 9.17) is 24.5 Å². The van der Waals surface area contributed by atoms with E-state index >= 15 is 0 Å². The van der Waals surface area contributed by atoms with Crippen molar-refractivity contribution in [3.05, 3.63) is 58.7 Å². The van der Waals surface area contributed by atoms with Gasteiger partial charge in [0.25, 0.3) is 0 Å². The van der Waals surface area contributed by atoms with E-state index < -0.39 is 28.1 Å². The van der Waals surface area contributed by atoms with Gasteiger partial charge in [0.15, 0.2) is 5.78 Å². The normalized spacial score (nSPS) is 15.2. The van der Waals surface area contributed by atoms with E-state index in [0.717, 1.165) is 16.7 Å². The van der Waals surface area contributed by atoms with Crippen LogP contribution in [0.25, 0.3) is 0 Å². The number of aliphatic hydroxyl groups is 1. The van der Waals surface area contributed by atoms with Crippen LogP contribution in [0.2, 0.25) is 0 Å². The number of benzene rings is 2. The molecule has 1 saturated heterocycles. The largest absolute Gasteiger partial charge is 0.491 e. The Balaban J connectivity index is 0.000000757. The molecule has 1 aliphatic rings. The third-order valence-corrected chi connectivity index (χ3v) is 8.09. The smallest absolute Gasteiger partial charge is 0.414 e. The summed E-state index contributed by atoms with van der Waals surface area (Å²) >= 11 is 0. The van der Waals surface area contributed by atoms with Crippen molar-refractivity contribution in [2.75, 3.05) is 39.3 Å². The average molecular weight is 551 g/mol. The lowest BCUT2D eigenvalue weighted by atomic mass is 10.1. The molecular formula is C26H34N2O9S. The second-order valence-electron chi connectivity index (χ2n) is 9.09. The second-order valence-corrected chi connectivity index (χ2v) is 11.0. The number of carbonyl (C=O) groups excluding carboxylic acids is 1. The van der Waals surface area contributed by atoms with Gasteiger partial charge in [-0.05, 0) is 63.1 Å². The molecule has 3 N–H and O–H groups in total. The van der Waals surface area contributed by atoms with Crippen LogP contribution in [0.1, 0.15) is 34.0 Å². The molecule has 2 aromatic rings. The number of carbonyl (C=O) groups is 3. The maximum absolute atomic E-state index is 13.2. The van der Waals surface area contributed by atoms with Crippen molar-refractivity contribution < 1.29 is 42.9 Å². The summed E-state index contributed by atoms with van der Waals surface area (Å²) in [5.74, 6) is -3.07. The Kier molecular flexibility index (Phi) is 11.0. The number of carboxylic acid groups (broad SMARTS) is 2. The number of rotatable bonds is 8. The highest BCUT2D eigenvalue weighted by Gasteiger charge is 2.31. The number of aliphatic carboxylic acids is 2. The van der Waals surface area contributed by atoms with Crippen molar-refractivity contribution in [3.63, 3.8) is 0 Å². The predicted octanol–water partition coefficient (Wildman–Crippen LogP) is 1.72.